The number of nitrogens with one attached hydrogen (secondary N) is 1. The molecule has 1 amide bonds. The van der Waals surface area contributed by atoms with E-state index in [2.05, 4.69) is 10.3 Å². The molecule has 122 valence electrons. The molecule has 7 nitrogen and oxygen atoms in total. The SMILES string of the molecule is O=C(Nc1nc(-c2ccc(F)c(F)c2)cs1)c1ccc([N+](=O)[O-])o1. The molecule has 24 heavy (non-hydrogen) atoms. The molecule has 0 radical (unpaired) electrons. The molecule has 1 aromatic carbocycles. The lowest BCUT2D eigenvalue weighted by atomic mass is 10.2. The van der Waals surface area contributed by atoms with Crippen molar-refractivity contribution in [1.82, 2.24) is 4.98 Å². The Morgan fingerprint density at radius 3 is 2.71 bits per heavy atom. The van der Waals surface area contributed by atoms with Gasteiger partial charge in [-0.15, -0.1) is 11.3 Å². The van der Waals surface area contributed by atoms with Gasteiger partial charge in [-0.25, -0.2) is 13.8 Å². The lowest BCUT2D eigenvalue weighted by Crippen LogP contribution is -2.10. The molecular formula is C14H7F2N3O4S. The van der Waals surface area contributed by atoms with E-state index in [1.54, 1.807) is 5.38 Å². The van der Waals surface area contributed by atoms with Crippen molar-refractivity contribution in [3.8, 4) is 11.3 Å². The van der Waals surface area contributed by atoms with Crippen molar-refractivity contribution in [2.24, 2.45) is 0 Å². The van der Waals surface area contributed by atoms with Crippen LogP contribution >= 0.6 is 11.3 Å². The van der Waals surface area contributed by atoms with Gasteiger partial charge < -0.3 is 4.42 Å². The van der Waals surface area contributed by atoms with Crippen LogP contribution in [0.4, 0.5) is 19.8 Å². The van der Waals surface area contributed by atoms with Crippen LogP contribution in [0.15, 0.2) is 40.1 Å². The fraction of sp³-hybridized carbons (Fsp3) is 0. The number of carbonyl (C=O) groups excluding carboxylic acids is 1. The molecule has 0 aliphatic carbocycles. The number of furan rings is 1. The highest BCUT2D eigenvalue weighted by atomic mass is 32.1. The van der Waals surface area contributed by atoms with E-state index in [1.807, 2.05) is 0 Å². The second-order valence-electron chi connectivity index (χ2n) is 4.52. The quantitative estimate of drug-likeness (QED) is 0.569. The van der Waals surface area contributed by atoms with Gasteiger partial charge >= 0.3 is 5.88 Å². The zero-order valence-electron chi connectivity index (χ0n) is 11.7. The standard InChI is InChI=1S/C14H7F2N3O4S/c15-8-2-1-7(5-9(8)16)10-6-24-14(17-10)18-13(20)11-3-4-12(23-11)19(21)22/h1-6H,(H,17,18,20). The maximum absolute atomic E-state index is 13.2. The van der Waals surface area contributed by atoms with Crippen LogP contribution < -0.4 is 5.32 Å². The first-order chi connectivity index (χ1) is 11.4. The van der Waals surface area contributed by atoms with Crippen molar-refractivity contribution in [3.63, 3.8) is 0 Å². The minimum absolute atomic E-state index is 0.179. The minimum atomic E-state index is -1.01. The topological polar surface area (TPSA) is 98.3 Å². The minimum Gasteiger partial charge on any atom is -0.395 e. The van der Waals surface area contributed by atoms with Crippen molar-refractivity contribution >= 4 is 28.3 Å². The molecular weight excluding hydrogens is 344 g/mol. The van der Waals surface area contributed by atoms with Crippen LogP contribution in [0.25, 0.3) is 11.3 Å². The molecule has 0 bridgehead atoms. The third kappa shape index (κ3) is 3.13. The van der Waals surface area contributed by atoms with Gasteiger partial charge in [-0.1, -0.05) is 0 Å². The van der Waals surface area contributed by atoms with E-state index in [1.165, 1.54) is 6.07 Å². The first kappa shape index (κ1) is 15.7. The van der Waals surface area contributed by atoms with Crippen molar-refractivity contribution in [3.05, 3.63) is 63.2 Å². The summed E-state index contributed by atoms with van der Waals surface area (Å²) >= 11 is 1.06. The van der Waals surface area contributed by atoms with E-state index in [0.29, 0.717) is 11.3 Å². The number of hydrogen-bond acceptors (Lipinski definition) is 6. The third-order valence-electron chi connectivity index (χ3n) is 2.94. The molecule has 1 N–H and O–H groups in total. The average molecular weight is 351 g/mol. The van der Waals surface area contributed by atoms with Gasteiger partial charge in [-0.2, -0.15) is 0 Å². The van der Waals surface area contributed by atoms with Crippen LogP contribution in [-0.4, -0.2) is 15.8 Å². The largest absolute Gasteiger partial charge is 0.433 e. The molecule has 0 aliphatic rings. The van der Waals surface area contributed by atoms with E-state index in [0.717, 1.165) is 35.6 Å². The normalized spacial score (nSPS) is 10.6. The van der Waals surface area contributed by atoms with E-state index < -0.39 is 28.3 Å². The average Bonchev–Trinajstić information content (AvgIpc) is 3.19. The number of benzene rings is 1. The Labute approximate surface area is 136 Å². The smallest absolute Gasteiger partial charge is 0.395 e. The maximum Gasteiger partial charge on any atom is 0.433 e. The van der Waals surface area contributed by atoms with Crippen molar-refractivity contribution in [1.29, 1.82) is 0 Å². The zero-order chi connectivity index (χ0) is 17.3. The molecule has 2 heterocycles. The number of anilines is 1. The zero-order valence-corrected chi connectivity index (χ0v) is 12.5. The molecule has 3 aromatic rings. The molecule has 0 saturated carbocycles. The van der Waals surface area contributed by atoms with E-state index >= 15 is 0 Å². The highest BCUT2D eigenvalue weighted by Crippen LogP contribution is 2.26. The summed E-state index contributed by atoms with van der Waals surface area (Å²) in [6.07, 6.45) is 0. The second-order valence-corrected chi connectivity index (χ2v) is 5.37. The molecule has 2 aromatic heterocycles. The van der Waals surface area contributed by atoms with Gasteiger partial charge in [0, 0.05) is 10.9 Å². The molecule has 3 rings (SSSR count). The van der Waals surface area contributed by atoms with Crippen molar-refractivity contribution in [2.75, 3.05) is 5.32 Å². The molecule has 0 unspecified atom stereocenters. The number of halogens is 2. The Morgan fingerprint density at radius 2 is 2.04 bits per heavy atom. The predicted molar refractivity (Wildman–Crippen MR) is 80.8 cm³/mol. The maximum atomic E-state index is 13.2. The molecule has 0 aliphatic heterocycles. The summed E-state index contributed by atoms with van der Waals surface area (Å²) in [7, 11) is 0. The summed E-state index contributed by atoms with van der Waals surface area (Å²) in [6.45, 7) is 0. The van der Waals surface area contributed by atoms with Gasteiger partial charge in [-0.05, 0) is 24.3 Å². The monoisotopic (exact) mass is 351 g/mol. The molecule has 10 heteroatoms. The fourth-order valence-electron chi connectivity index (χ4n) is 1.83. The number of hydrogen-bond donors (Lipinski definition) is 1. The van der Waals surface area contributed by atoms with E-state index in [-0.39, 0.29) is 10.9 Å². The number of thiazole rings is 1. The van der Waals surface area contributed by atoms with Gasteiger partial charge in [0.15, 0.2) is 22.5 Å². The number of nitrogens with zero attached hydrogens (tertiary/aromatic N) is 2. The van der Waals surface area contributed by atoms with Gasteiger partial charge in [-0.3, -0.25) is 20.2 Å². The van der Waals surface area contributed by atoms with Crippen molar-refractivity contribution < 1.29 is 22.9 Å². The first-order valence-electron chi connectivity index (χ1n) is 6.40. The predicted octanol–water partition coefficient (Wildman–Crippen LogP) is 3.84. The fourth-order valence-corrected chi connectivity index (χ4v) is 2.54. The van der Waals surface area contributed by atoms with E-state index in [9.17, 15) is 23.7 Å². The van der Waals surface area contributed by atoms with Crippen LogP contribution in [0, 0.1) is 21.7 Å². The van der Waals surface area contributed by atoms with Crippen LogP contribution in [0.1, 0.15) is 10.6 Å². The Hall–Kier alpha value is -3.14. The van der Waals surface area contributed by atoms with Crippen LogP contribution in [-0.2, 0) is 0 Å². The summed E-state index contributed by atoms with van der Waals surface area (Å²) in [6, 6.07) is 5.55. The highest BCUT2D eigenvalue weighted by molar-refractivity contribution is 7.14. The number of rotatable bonds is 4. The Balaban J connectivity index is 1.76. The first-order valence-corrected chi connectivity index (χ1v) is 7.28. The number of aromatic nitrogens is 1. The lowest BCUT2D eigenvalue weighted by molar-refractivity contribution is -0.402. The molecule has 0 atom stereocenters. The van der Waals surface area contributed by atoms with E-state index in [4.69, 9.17) is 4.42 Å². The van der Waals surface area contributed by atoms with Gasteiger partial charge in [0.1, 0.15) is 4.92 Å². The summed E-state index contributed by atoms with van der Waals surface area (Å²) in [5.41, 5.74) is 0.693. The van der Waals surface area contributed by atoms with Gasteiger partial charge in [0.05, 0.1) is 11.8 Å². The summed E-state index contributed by atoms with van der Waals surface area (Å²) in [5, 5.41) is 14.7. The number of amides is 1. The number of nitro groups is 1. The molecule has 0 spiro atoms. The summed E-state index contributed by atoms with van der Waals surface area (Å²) in [5.74, 6) is -3.49. The van der Waals surface area contributed by atoms with Gasteiger partial charge in [0.2, 0.25) is 0 Å². The second kappa shape index (κ2) is 6.16. The van der Waals surface area contributed by atoms with Gasteiger partial charge in [0.25, 0.3) is 5.91 Å². The van der Waals surface area contributed by atoms with Crippen LogP contribution in [0.3, 0.4) is 0 Å². The third-order valence-corrected chi connectivity index (χ3v) is 3.69. The Kier molecular flexibility index (Phi) is 4.04. The Bertz CT molecular complexity index is 938. The van der Waals surface area contributed by atoms with Crippen LogP contribution in [0.5, 0.6) is 0 Å². The molecule has 0 saturated heterocycles. The summed E-state index contributed by atoms with van der Waals surface area (Å²) < 4.78 is 30.9. The molecule has 0 fully saturated rings. The van der Waals surface area contributed by atoms with Crippen LogP contribution in [0.2, 0.25) is 0 Å². The Morgan fingerprint density at radius 1 is 1.25 bits per heavy atom. The highest BCUT2D eigenvalue weighted by Gasteiger charge is 2.18. The summed E-state index contributed by atoms with van der Waals surface area (Å²) in [4.78, 5) is 25.8. The lowest BCUT2D eigenvalue weighted by Gasteiger charge is -1.99. The van der Waals surface area contributed by atoms with Crippen molar-refractivity contribution in [2.45, 2.75) is 0 Å². The number of carbonyl (C=O) groups is 1.